The molecule has 2 aromatic heterocycles. The van der Waals surface area contributed by atoms with Gasteiger partial charge < -0.3 is 24.7 Å². The molecule has 0 spiro atoms. The summed E-state index contributed by atoms with van der Waals surface area (Å²) in [5.74, 6) is -2.29. The van der Waals surface area contributed by atoms with E-state index in [2.05, 4.69) is 15.3 Å². The topological polar surface area (TPSA) is 96.5 Å². The number of alkyl halides is 3. The van der Waals surface area contributed by atoms with Crippen molar-refractivity contribution >= 4 is 17.7 Å². The lowest BCUT2D eigenvalue weighted by Crippen LogP contribution is -2.45. The van der Waals surface area contributed by atoms with Crippen molar-refractivity contribution in [3.63, 3.8) is 0 Å². The third-order valence-corrected chi connectivity index (χ3v) is 8.64. The lowest BCUT2D eigenvalue weighted by molar-refractivity contribution is -0.189. The van der Waals surface area contributed by atoms with Crippen molar-refractivity contribution in [3.8, 4) is 11.1 Å². The highest BCUT2D eigenvalue weighted by Crippen LogP contribution is 2.46. The molecule has 1 amide bonds. The van der Waals surface area contributed by atoms with Gasteiger partial charge in [-0.05, 0) is 65.3 Å². The Balaban J connectivity index is 1.24. The number of pyridine rings is 1. The number of hydrogen-bond donors (Lipinski definition) is 2. The molecular weight excluding hydrogens is 585 g/mol. The monoisotopic (exact) mass is 618 g/mol. The number of fused-ring (bicyclic) bond motifs is 3. The Bertz CT molecular complexity index is 1640. The zero-order valence-corrected chi connectivity index (χ0v) is 24.6. The summed E-state index contributed by atoms with van der Waals surface area (Å²) in [5.41, 5.74) is 6.12. The molecule has 2 N–H and O–H groups in total. The molecule has 0 radical (unpaired) electrons. The molecule has 3 heterocycles. The minimum Gasteiger partial charge on any atom is -0.461 e. The van der Waals surface area contributed by atoms with Crippen LogP contribution in [0.4, 0.5) is 23.7 Å². The van der Waals surface area contributed by atoms with E-state index in [4.69, 9.17) is 9.47 Å². The summed E-state index contributed by atoms with van der Waals surface area (Å²) >= 11 is 0. The van der Waals surface area contributed by atoms with Gasteiger partial charge >= 0.3 is 18.2 Å². The Morgan fingerprint density at radius 2 is 1.71 bits per heavy atom. The number of likely N-dealkylation sites (tertiary alicyclic amines) is 1. The van der Waals surface area contributed by atoms with Gasteiger partial charge in [0.1, 0.15) is 12.3 Å². The number of carbonyl (C=O) groups is 2. The van der Waals surface area contributed by atoms with Crippen LogP contribution in [0.15, 0.2) is 79.3 Å². The second-order valence-electron chi connectivity index (χ2n) is 11.2. The van der Waals surface area contributed by atoms with Gasteiger partial charge in [0, 0.05) is 37.6 Å². The zero-order valence-electron chi connectivity index (χ0n) is 24.6. The maximum Gasteiger partial charge on any atom is 0.410 e. The molecule has 2 aliphatic rings. The largest absolute Gasteiger partial charge is 0.461 e. The quantitative estimate of drug-likeness (QED) is 0.199. The lowest BCUT2D eigenvalue weighted by Gasteiger charge is -2.40. The Morgan fingerprint density at radius 1 is 1.00 bits per heavy atom. The summed E-state index contributed by atoms with van der Waals surface area (Å²) in [5, 5.41) is 3.18. The summed E-state index contributed by atoms with van der Waals surface area (Å²) in [4.78, 5) is 34.5. The molecule has 0 bridgehead atoms. The van der Waals surface area contributed by atoms with Crippen molar-refractivity contribution in [2.75, 3.05) is 25.1 Å². The third-order valence-electron chi connectivity index (χ3n) is 8.64. The van der Waals surface area contributed by atoms with Crippen LogP contribution in [0.3, 0.4) is 0 Å². The summed E-state index contributed by atoms with van der Waals surface area (Å²) < 4.78 is 53.0. The standard InChI is InChI=1S/C34H33F3N4O4/c1-2-44-32(42)31-29(12-15-39-31)40-18-21-11-14-38-19-27(21)30-17-22(34(35,36)37)13-16-41(30)33(43)45-20-28-25-9-5-3-7-23(25)24-8-4-6-10-26(24)28/h3-12,14-15,19,22,28,30,39-40H,2,13,16-18,20H2,1H3. The number of anilines is 1. The van der Waals surface area contributed by atoms with Crippen LogP contribution in [0, 0.1) is 5.92 Å². The Hall–Kier alpha value is -4.80. The highest BCUT2D eigenvalue weighted by Gasteiger charge is 2.46. The van der Waals surface area contributed by atoms with Gasteiger partial charge in [0.25, 0.3) is 0 Å². The molecule has 4 aromatic rings. The number of rotatable bonds is 8. The first-order valence-electron chi connectivity index (χ1n) is 15.0. The van der Waals surface area contributed by atoms with Gasteiger partial charge in [0.2, 0.25) is 0 Å². The van der Waals surface area contributed by atoms with E-state index in [1.165, 1.54) is 11.1 Å². The molecule has 1 fully saturated rings. The van der Waals surface area contributed by atoms with Crippen molar-refractivity contribution < 1.29 is 32.2 Å². The molecule has 2 atom stereocenters. The molecule has 45 heavy (non-hydrogen) atoms. The Morgan fingerprint density at radius 3 is 2.40 bits per heavy atom. The number of nitrogens with zero attached hydrogens (tertiary/aromatic N) is 2. The molecule has 8 nitrogen and oxygen atoms in total. The normalized spacial score (nSPS) is 17.8. The average Bonchev–Trinajstić information content (AvgIpc) is 3.65. The smallest absolute Gasteiger partial charge is 0.410 e. The van der Waals surface area contributed by atoms with Gasteiger partial charge in [-0.15, -0.1) is 0 Å². The molecule has 1 aliphatic carbocycles. The minimum atomic E-state index is -4.41. The van der Waals surface area contributed by atoms with Crippen molar-refractivity contribution in [2.24, 2.45) is 5.92 Å². The first kappa shape index (κ1) is 30.2. The summed E-state index contributed by atoms with van der Waals surface area (Å²) in [7, 11) is 0. The third kappa shape index (κ3) is 6.11. The summed E-state index contributed by atoms with van der Waals surface area (Å²) in [6.45, 7) is 2.04. The van der Waals surface area contributed by atoms with Crippen molar-refractivity contribution in [2.45, 2.75) is 44.4 Å². The number of aromatic amines is 1. The van der Waals surface area contributed by atoms with E-state index in [9.17, 15) is 22.8 Å². The van der Waals surface area contributed by atoms with E-state index < -0.39 is 30.2 Å². The number of halogens is 3. The number of nitrogens with one attached hydrogen (secondary N) is 2. The van der Waals surface area contributed by atoms with Crippen LogP contribution in [0.1, 0.15) is 64.5 Å². The molecule has 234 valence electrons. The second kappa shape index (κ2) is 12.7. The van der Waals surface area contributed by atoms with Crippen molar-refractivity contribution in [1.82, 2.24) is 14.9 Å². The maximum atomic E-state index is 14.0. The number of carbonyl (C=O) groups excluding carboxylic acids is 2. The van der Waals surface area contributed by atoms with E-state index in [1.807, 2.05) is 48.5 Å². The van der Waals surface area contributed by atoms with Crippen LogP contribution < -0.4 is 5.32 Å². The van der Waals surface area contributed by atoms with E-state index in [0.717, 1.165) is 22.3 Å². The number of aromatic nitrogens is 2. The molecule has 2 unspecified atom stereocenters. The van der Waals surface area contributed by atoms with Crippen LogP contribution in [-0.2, 0) is 16.0 Å². The van der Waals surface area contributed by atoms with Crippen LogP contribution in [0.5, 0.6) is 0 Å². The zero-order chi connectivity index (χ0) is 31.6. The summed E-state index contributed by atoms with van der Waals surface area (Å²) in [6.07, 6.45) is -0.962. The minimum absolute atomic E-state index is 0.0599. The molecule has 11 heteroatoms. The van der Waals surface area contributed by atoms with Crippen LogP contribution in [0.25, 0.3) is 11.1 Å². The maximum absolute atomic E-state index is 14.0. The predicted molar refractivity (Wildman–Crippen MR) is 162 cm³/mol. The fourth-order valence-corrected chi connectivity index (χ4v) is 6.43. The number of hydrogen-bond acceptors (Lipinski definition) is 6. The van der Waals surface area contributed by atoms with Crippen molar-refractivity contribution in [1.29, 1.82) is 0 Å². The van der Waals surface area contributed by atoms with Crippen molar-refractivity contribution in [3.05, 3.63) is 107 Å². The predicted octanol–water partition coefficient (Wildman–Crippen LogP) is 7.46. The molecule has 6 rings (SSSR count). The number of ether oxygens (including phenoxy) is 2. The fourth-order valence-electron chi connectivity index (χ4n) is 6.43. The summed E-state index contributed by atoms with van der Waals surface area (Å²) in [6, 6.07) is 18.4. The fraction of sp³-hybridized carbons (Fsp3) is 0.324. The number of amides is 1. The van der Waals surface area contributed by atoms with Gasteiger partial charge in [-0.2, -0.15) is 13.2 Å². The highest BCUT2D eigenvalue weighted by atomic mass is 19.4. The molecule has 2 aromatic carbocycles. The van der Waals surface area contributed by atoms with Gasteiger partial charge in [-0.1, -0.05) is 48.5 Å². The van der Waals surface area contributed by atoms with E-state index in [0.29, 0.717) is 16.8 Å². The van der Waals surface area contributed by atoms with Gasteiger partial charge in [-0.25, -0.2) is 9.59 Å². The van der Waals surface area contributed by atoms with E-state index >= 15 is 0 Å². The van der Waals surface area contributed by atoms with Gasteiger partial charge in [0.05, 0.1) is 24.3 Å². The van der Waals surface area contributed by atoms with Gasteiger partial charge in [0.15, 0.2) is 0 Å². The lowest BCUT2D eigenvalue weighted by atomic mass is 9.86. The molecular formula is C34H33F3N4O4. The van der Waals surface area contributed by atoms with Crippen LogP contribution >= 0.6 is 0 Å². The number of piperidine rings is 1. The first-order chi connectivity index (χ1) is 21.8. The van der Waals surface area contributed by atoms with E-state index in [-0.39, 0.29) is 50.8 Å². The Labute approximate surface area is 258 Å². The first-order valence-corrected chi connectivity index (χ1v) is 15.0. The SMILES string of the molecule is CCOC(=O)c1[nH]ccc1NCc1ccncc1C1CC(C(F)(F)F)CCN1C(=O)OCC1c2ccccc2-c2ccccc21. The van der Waals surface area contributed by atoms with Crippen LogP contribution in [-0.4, -0.2) is 52.9 Å². The molecule has 1 saturated heterocycles. The second-order valence-corrected chi connectivity index (χ2v) is 11.2. The number of esters is 1. The number of benzene rings is 2. The van der Waals surface area contributed by atoms with Crippen LogP contribution in [0.2, 0.25) is 0 Å². The molecule has 0 saturated carbocycles. The highest BCUT2D eigenvalue weighted by molar-refractivity contribution is 5.93. The Kier molecular flexibility index (Phi) is 8.51. The average molecular weight is 619 g/mol. The van der Waals surface area contributed by atoms with Gasteiger partial charge in [-0.3, -0.25) is 4.98 Å². The van der Waals surface area contributed by atoms with E-state index in [1.54, 1.807) is 31.5 Å². The molecule has 1 aliphatic heterocycles. The number of H-pyrrole nitrogens is 1.